The van der Waals surface area contributed by atoms with Gasteiger partial charge in [-0.2, -0.15) is 0 Å². The van der Waals surface area contributed by atoms with E-state index in [4.69, 9.17) is 0 Å². The van der Waals surface area contributed by atoms with Crippen molar-refractivity contribution in [2.45, 2.75) is 30.4 Å². The maximum absolute atomic E-state index is 12.5. The molecule has 0 radical (unpaired) electrons. The standard InChI is InChI=1S/C22H23NOS/c24-21-15-20(23-13-7-8-14-23)22(25-21,16-18-9-3-1-4-10-18)17-19-11-5-2-6-12-19/h1-6,9-12,15H,7-8,13-14,16-17H2. The van der Waals surface area contributed by atoms with Crippen molar-refractivity contribution in [1.82, 2.24) is 4.90 Å². The van der Waals surface area contributed by atoms with Crippen LogP contribution in [0, 0.1) is 0 Å². The predicted octanol–water partition coefficient (Wildman–Crippen LogP) is 4.46. The fourth-order valence-corrected chi connectivity index (χ4v) is 5.35. The van der Waals surface area contributed by atoms with E-state index in [0.717, 1.165) is 25.9 Å². The first-order valence-electron chi connectivity index (χ1n) is 9.03. The highest BCUT2D eigenvalue weighted by Crippen LogP contribution is 2.47. The van der Waals surface area contributed by atoms with Gasteiger partial charge in [0.1, 0.15) is 0 Å². The summed E-state index contributed by atoms with van der Waals surface area (Å²) in [5.41, 5.74) is 3.84. The molecular weight excluding hydrogens is 326 g/mol. The molecule has 4 rings (SSSR count). The summed E-state index contributed by atoms with van der Waals surface area (Å²) < 4.78 is -0.190. The zero-order chi connectivity index (χ0) is 17.1. The van der Waals surface area contributed by atoms with Gasteiger partial charge in [0.05, 0.1) is 4.75 Å². The molecule has 0 unspecified atom stereocenters. The number of carbonyl (C=O) groups is 1. The van der Waals surface area contributed by atoms with Gasteiger partial charge < -0.3 is 4.90 Å². The summed E-state index contributed by atoms with van der Waals surface area (Å²) in [7, 11) is 0. The summed E-state index contributed by atoms with van der Waals surface area (Å²) in [6, 6.07) is 21.2. The summed E-state index contributed by atoms with van der Waals surface area (Å²) in [5, 5.41) is 0.203. The maximum atomic E-state index is 12.5. The molecular formula is C22H23NOS. The normalized spacial score (nSPS) is 19.3. The van der Waals surface area contributed by atoms with Crippen molar-refractivity contribution in [3.8, 4) is 0 Å². The second-order valence-corrected chi connectivity index (χ2v) is 8.35. The lowest BCUT2D eigenvalue weighted by Crippen LogP contribution is -2.39. The molecule has 25 heavy (non-hydrogen) atoms. The third kappa shape index (κ3) is 3.52. The van der Waals surface area contributed by atoms with Gasteiger partial charge in [0, 0.05) is 24.9 Å². The van der Waals surface area contributed by atoms with Crippen molar-refractivity contribution in [2.24, 2.45) is 0 Å². The highest BCUT2D eigenvalue weighted by atomic mass is 32.2. The third-order valence-corrected chi connectivity index (χ3v) is 6.34. The maximum Gasteiger partial charge on any atom is 0.214 e. The average Bonchev–Trinajstić information content (AvgIpc) is 3.25. The molecule has 0 spiro atoms. The molecule has 3 heteroatoms. The van der Waals surface area contributed by atoms with Crippen molar-refractivity contribution in [3.63, 3.8) is 0 Å². The van der Waals surface area contributed by atoms with E-state index in [1.54, 1.807) is 0 Å². The minimum absolute atomic E-state index is 0.190. The molecule has 2 aliphatic heterocycles. The van der Waals surface area contributed by atoms with Gasteiger partial charge in [-0.1, -0.05) is 72.4 Å². The van der Waals surface area contributed by atoms with E-state index in [1.807, 2.05) is 6.08 Å². The first-order valence-corrected chi connectivity index (χ1v) is 9.85. The monoisotopic (exact) mass is 349 g/mol. The van der Waals surface area contributed by atoms with E-state index in [2.05, 4.69) is 65.6 Å². The molecule has 1 saturated heterocycles. The number of hydrogen-bond donors (Lipinski definition) is 0. The van der Waals surface area contributed by atoms with Crippen LogP contribution in [0.1, 0.15) is 24.0 Å². The number of rotatable bonds is 5. The number of carbonyl (C=O) groups excluding carboxylic acids is 1. The van der Waals surface area contributed by atoms with Gasteiger partial charge in [0.2, 0.25) is 5.12 Å². The van der Waals surface area contributed by atoms with Crippen LogP contribution >= 0.6 is 11.8 Å². The van der Waals surface area contributed by atoms with Crippen LogP contribution in [-0.2, 0) is 17.6 Å². The first-order chi connectivity index (χ1) is 12.3. The summed E-state index contributed by atoms with van der Waals surface area (Å²) in [4.78, 5) is 14.9. The van der Waals surface area contributed by atoms with Gasteiger partial charge in [-0.25, -0.2) is 0 Å². The zero-order valence-corrected chi connectivity index (χ0v) is 15.2. The van der Waals surface area contributed by atoms with Crippen LogP contribution < -0.4 is 0 Å². The fourth-order valence-electron chi connectivity index (χ4n) is 4.02. The van der Waals surface area contributed by atoms with Crippen LogP contribution in [-0.4, -0.2) is 27.9 Å². The molecule has 0 bridgehead atoms. The van der Waals surface area contributed by atoms with E-state index in [1.165, 1.54) is 41.4 Å². The van der Waals surface area contributed by atoms with E-state index in [-0.39, 0.29) is 9.86 Å². The Kier molecular flexibility index (Phi) is 4.67. The molecule has 2 heterocycles. The van der Waals surface area contributed by atoms with E-state index in [0.29, 0.717) is 0 Å². The molecule has 128 valence electrons. The Labute approximate surface area is 153 Å². The van der Waals surface area contributed by atoms with Gasteiger partial charge in [-0.3, -0.25) is 4.79 Å². The molecule has 0 aliphatic carbocycles. The fraction of sp³-hybridized carbons (Fsp3) is 0.318. The van der Waals surface area contributed by atoms with Crippen molar-refractivity contribution in [3.05, 3.63) is 83.6 Å². The van der Waals surface area contributed by atoms with Crippen molar-refractivity contribution < 1.29 is 4.79 Å². The Balaban J connectivity index is 1.72. The molecule has 2 aromatic carbocycles. The van der Waals surface area contributed by atoms with Gasteiger partial charge >= 0.3 is 0 Å². The van der Waals surface area contributed by atoms with Gasteiger partial charge in [-0.15, -0.1) is 0 Å². The van der Waals surface area contributed by atoms with Crippen molar-refractivity contribution in [1.29, 1.82) is 0 Å². The lowest BCUT2D eigenvalue weighted by Gasteiger charge is -2.36. The smallest absolute Gasteiger partial charge is 0.214 e. The van der Waals surface area contributed by atoms with Gasteiger partial charge in [-0.05, 0) is 36.8 Å². The number of nitrogens with zero attached hydrogens (tertiary/aromatic N) is 1. The molecule has 0 amide bonds. The number of hydrogen-bond acceptors (Lipinski definition) is 3. The largest absolute Gasteiger partial charge is 0.374 e. The minimum Gasteiger partial charge on any atom is -0.374 e. The van der Waals surface area contributed by atoms with Crippen LogP contribution in [0.4, 0.5) is 0 Å². The van der Waals surface area contributed by atoms with Crippen LogP contribution in [0.3, 0.4) is 0 Å². The Morgan fingerprint density at radius 2 is 1.36 bits per heavy atom. The second kappa shape index (κ2) is 7.09. The highest BCUT2D eigenvalue weighted by molar-refractivity contribution is 8.15. The molecule has 1 fully saturated rings. The van der Waals surface area contributed by atoms with E-state index in [9.17, 15) is 4.79 Å². The number of likely N-dealkylation sites (tertiary alicyclic amines) is 1. The molecule has 2 aliphatic rings. The highest BCUT2D eigenvalue weighted by Gasteiger charge is 2.45. The second-order valence-electron chi connectivity index (χ2n) is 6.96. The average molecular weight is 349 g/mol. The summed E-state index contributed by atoms with van der Waals surface area (Å²) >= 11 is 1.52. The quantitative estimate of drug-likeness (QED) is 0.795. The van der Waals surface area contributed by atoms with E-state index < -0.39 is 0 Å². The summed E-state index contributed by atoms with van der Waals surface area (Å²) in [6.45, 7) is 2.15. The third-order valence-electron chi connectivity index (χ3n) is 5.13. The first kappa shape index (κ1) is 16.5. The molecule has 0 atom stereocenters. The number of benzene rings is 2. The topological polar surface area (TPSA) is 20.3 Å². The zero-order valence-electron chi connectivity index (χ0n) is 14.4. The van der Waals surface area contributed by atoms with Crippen LogP contribution in [0.2, 0.25) is 0 Å². The Morgan fingerprint density at radius 1 is 0.840 bits per heavy atom. The van der Waals surface area contributed by atoms with Gasteiger partial charge in [0.25, 0.3) is 0 Å². The van der Waals surface area contributed by atoms with Crippen molar-refractivity contribution in [2.75, 3.05) is 13.1 Å². The lowest BCUT2D eigenvalue weighted by atomic mass is 9.88. The molecule has 2 nitrogen and oxygen atoms in total. The Morgan fingerprint density at radius 3 is 1.88 bits per heavy atom. The van der Waals surface area contributed by atoms with Gasteiger partial charge in [0.15, 0.2) is 0 Å². The minimum atomic E-state index is -0.190. The molecule has 2 aromatic rings. The molecule has 0 aromatic heterocycles. The predicted molar refractivity (Wildman–Crippen MR) is 105 cm³/mol. The Bertz CT molecular complexity index is 722. The SMILES string of the molecule is O=C1C=C(N2CCCC2)C(Cc2ccccc2)(Cc2ccccc2)S1. The van der Waals surface area contributed by atoms with Crippen molar-refractivity contribution >= 4 is 16.9 Å². The summed E-state index contributed by atoms with van der Waals surface area (Å²) in [6.07, 6.45) is 6.14. The molecule has 0 saturated carbocycles. The van der Waals surface area contributed by atoms with Crippen LogP contribution in [0.15, 0.2) is 72.4 Å². The van der Waals surface area contributed by atoms with Crippen LogP contribution in [0.25, 0.3) is 0 Å². The Hall–Kier alpha value is -2.00. The van der Waals surface area contributed by atoms with E-state index >= 15 is 0 Å². The molecule has 0 N–H and O–H groups in total. The summed E-state index contributed by atoms with van der Waals surface area (Å²) in [5.74, 6) is 0. The lowest BCUT2D eigenvalue weighted by molar-refractivity contribution is -0.106. The van der Waals surface area contributed by atoms with Crippen LogP contribution in [0.5, 0.6) is 0 Å². The number of thioether (sulfide) groups is 1.